The molecule has 0 radical (unpaired) electrons. The van der Waals surface area contributed by atoms with Crippen LogP contribution in [0.5, 0.6) is 0 Å². The monoisotopic (exact) mass is 237 g/mol. The van der Waals surface area contributed by atoms with E-state index in [0.29, 0.717) is 5.95 Å². The second kappa shape index (κ2) is 4.49. The zero-order valence-corrected chi connectivity index (χ0v) is 9.81. The Kier molecular flexibility index (Phi) is 3.05. The summed E-state index contributed by atoms with van der Waals surface area (Å²) in [5, 5.41) is 14.2. The molecule has 0 aliphatic rings. The molecule has 1 heterocycles. The fourth-order valence-electron chi connectivity index (χ4n) is 1.41. The van der Waals surface area contributed by atoms with Crippen molar-refractivity contribution in [1.29, 1.82) is 0 Å². The first-order valence-electron chi connectivity index (χ1n) is 4.91. The molecule has 0 saturated heterocycles. The molecule has 0 aliphatic carbocycles. The van der Waals surface area contributed by atoms with Gasteiger partial charge in [-0.1, -0.05) is 23.3 Å². The molecule has 0 amide bonds. The normalized spacial score (nSPS) is 12.4. The predicted octanol–water partition coefficient (Wildman–Crippen LogP) is 2.25. The van der Waals surface area contributed by atoms with Crippen LogP contribution in [0, 0.1) is 0 Å². The molecule has 16 heavy (non-hydrogen) atoms. The molecule has 1 aromatic heterocycles. The molecule has 0 aliphatic heterocycles. The van der Waals surface area contributed by atoms with Crippen molar-refractivity contribution in [2.75, 3.05) is 5.32 Å². The second-order valence-corrected chi connectivity index (χ2v) is 4.11. The highest BCUT2D eigenvalue weighted by Crippen LogP contribution is 2.28. The van der Waals surface area contributed by atoms with Crippen LogP contribution in [0.3, 0.4) is 0 Å². The Bertz CT molecular complexity index is 480. The van der Waals surface area contributed by atoms with Gasteiger partial charge in [-0.05, 0) is 29.0 Å². The molecule has 1 unspecified atom stereocenters. The highest BCUT2D eigenvalue weighted by atomic mass is 35.5. The lowest BCUT2D eigenvalue weighted by Gasteiger charge is -2.11. The van der Waals surface area contributed by atoms with E-state index in [4.69, 9.17) is 11.6 Å². The van der Waals surface area contributed by atoms with Gasteiger partial charge in [-0.15, -0.1) is 11.6 Å². The maximum Gasteiger partial charge on any atom is 0.247 e. The van der Waals surface area contributed by atoms with E-state index in [1.807, 2.05) is 31.2 Å². The number of nitrogens with zero attached hydrogens (tertiary/aromatic N) is 4. The average molecular weight is 238 g/mol. The number of rotatable bonds is 3. The summed E-state index contributed by atoms with van der Waals surface area (Å²) < 4.78 is 1.57. The number of para-hydroxylation sites is 1. The first-order chi connectivity index (χ1) is 7.68. The number of aryl methyl sites for hydroxylation is 1. The Morgan fingerprint density at radius 1 is 1.38 bits per heavy atom. The molecule has 1 aromatic carbocycles. The minimum atomic E-state index is -0.0649. The van der Waals surface area contributed by atoms with Crippen molar-refractivity contribution in [3.8, 4) is 0 Å². The van der Waals surface area contributed by atoms with Crippen molar-refractivity contribution < 1.29 is 0 Å². The first kappa shape index (κ1) is 10.9. The number of nitrogens with one attached hydrogen (secondary N) is 1. The third-order valence-corrected chi connectivity index (χ3v) is 2.49. The van der Waals surface area contributed by atoms with E-state index in [9.17, 15) is 0 Å². The largest absolute Gasteiger partial charge is 0.323 e. The Morgan fingerprint density at radius 3 is 2.75 bits per heavy atom. The minimum absolute atomic E-state index is 0.0649. The van der Waals surface area contributed by atoms with Gasteiger partial charge in [-0.25, -0.2) is 4.68 Å². The number of hydrogen-bond donors (Lipinski definition) is 1. The van der Waals surface area contributed by atoms with Crippen LogP contribution < -0.4 is 5.32 Å². The van der Waals surface area contributed by atoms with Crippen LogP contribution in [0.4, 0.5) is 11.6 Å². The van der Waals surface area contributed by atoms with Crippen LogP contribution in [-0.2, 0) is 7.05 Å². The maximum atomic E-state index is 6.09. The number of aromatic nitrogens is 4. The van der Waals surface area contributed by atoms with E-state index in [1.54, 1.807) is 11.7 Å². The van der Waals surface area contributed by atoms with Crippen LogP contribution in [-0.4, -0.2) is 20.2 Å². The predicted molar refractivity (Wildman–Crippen MR) is 62.8 cm³/mol. The summed E-state index contributed by atoms with van der Waals surface area (Å²) in [6.45, 7) is 1.93. The van der Waals surface area contributed by atoms with Crippen LogP contribution in [0.15, 0.2) is 24.3 Å². The molecular weight excluding hydrogens is 226 g/mol. The quantitative estimate of drug-likeness (QED) is 0.832. The van der Waals surface area contributed by atoms with Crippen LogP contribution in [0.2, 0.25) is 0 Å². The molecule has 6 heteroatoms. The smallest absolute Gasteiger partial charge is 0.247 e. The van der Waals surface area contributed by atoms with Crippen molar-refractivity contribution in [3.63, 3.8) is 0 Å². The van der Waals surface area contributed by atoms with E-state index >= 15 is 0 Å². The fourth-order valence-corrected chi connectivity index (χ4v) is 1.60. The summed E-state index contributed by atoms with van der Waals surface area (Å²) in [5.74, 6) is 0.588. The third-order valence-electron chi connectivity index (χ3n) is 2.26. The van der Waals surface area contributed by atoms with Crippen molar-refractivity contribution in [2.24, 2.45) is 7.05 Å². The molecule has 1 N–H and O–H groups in total. The van der Waals surface area contributed by atoms with Crippen molar-refractivity contribution in [3.05, 3.63) is 29.8 Å². The molecule has 2 rings (SSSR count). The highest BCUT2D eigenvalue weighted by Gasteiger charge is 2.09. The topological polar surface area (TPSA) is 55.6 Å². The van der Waals surface area contributed by atoms with Crippen molar-refractivity contribution in [1.82, 2.24) is 20.2 Å². The lowest BCUT2D eigenvalue weighted by Crippen LogP contribution is -2.02. The number of hydrogen-bond acceptors (Lipinski definition) is 4. The van der Waals surface area contributed by atoms with Crippen LogP contribution in [0.1, 0.15) is 17.9 Å². The third kappa shape index (κ3) is 2.14. The average Bonchev–Trinajstić information content (AvgIpc) is 2.65. The SMILES string of the molecule is CC(Cl)c1ccccc1Nc1nnnn1C. The van der Waals surface area contributed by atoms with Gasteiger partial charge in [0.05, 0.1) is 5.38 Å². The van der Waals surface area contributed by atoms with Crippen LogP contribution >= 0.6 is 11.6 Å². The second-order valence-electron chi connectivity index (χ2n) is 3.45. The molecule has 0 bridgehead atoms. The van der Waals surface area contributed by atoms with Gasteiger partial charge in [0.25, 0.3) is 0 Å². The van der Waals surface area contributed by atoms with E-state index in [2.05, 4.69) is 20.8 Å². The number of anilines is 2. The van der Waals surface area contributed by atoms with Crippen LogP contribution in [0.25, 0.3) is 0 Å². The first-order valence-corrected chi connectivity index (χ1v) is 5.34. The summed E-state index contributed by atoms with van der Waals surface area (Å²) in [7, 11) is 1.77. The fraction of sp³-hybridized carbons (Fsp3) is 0.300. The zero-order chi connectivity index (χ0) is 11.5. The number of benzene rings is 1. The Balaban J connectivity index is 2.31. The molecule has 1 atom stereocenters. The standard InChI is InChI=1S/C10H12ClN5/c1-7(11)8-5-3-4-6-9(8)12-10-13-14-15-16(10)2/h3-7H,1-2H3,(H,12,13,15). The van der Waals surface area contributed by atoms with Gasteiger partial charge in [0, 0.05) is 12.7 Å². The van der Waals surface area contributed by atoms with Gasteiger partial charge in [0.2, 0.25) is 5.95 Å². The summed E-state index contributed by atoms with van der Waals surface area (Å²) in [6, 6.07) is 7.82. The molecule has 0 fully saturated rings. The van der Waals surface area contributed by atoms with E-state index in [-0.39, 0.29) is 5.38 Å². The molecule has 84 valence electrons. The Hall–Kier alpha value is -1.62. The molecule has 0 spiro atoms. The summed E-state index contributed by atoms with van der Waals surface area (Å²) in [4.78, 5) is 0. The van der Waals surface area contributed by atoms with E-state index < -0.39 is 0 Å². The van der Waals surface area contributed by atoms with Gasteiger partial charge in [0.15, 0.2) is 0 Å². The molecule has 0 saturated carbocycles. The van der Waals surface area contributed by atoms with Gasteiger partial charge < -0.3 is 5.32 Å². The van der Waals surface area contributed by atoms with Gasteiger partial charge >= 0.3 is 0 Å². The number of tetrazole rings is 1. The summed E-state index contributed by atoms with van der Waals surface area (Å²) >= 11 is 6.09. The van der Waals surface area contributed by atoms with Gasteiger partial charge in [-0.2, -0.15) is 0 Å². The Labute approximate surface area is 98.4 Å². The summed E-state index contributed by atoms with van der Waals surface area (Å²) in [6.07, 6.45) is 0. The van der Waals surface area contributed by atoms with Gasteiger partial charge in [-0.3, -0.25) is 0 Å². The lowest BCUT2D eigenvalue weighted by molar-refractivity contribution is 0.715. The summed E-state index contributed by atoms with van der Waals surface area (Å²) in [5.41, 5.74) is 1.94. The van der Waals surface area contributed by atoms with E-state index in [1.165, 1.54) is 0 Å². The zero-order valence-electron chi connectivity index (χ0n) is 9.05. The van der Waals surface area contributed by atoms with Crippen molar-refractivity contribution in [2.45, 2.75) is 12.3 Å². The Morgan fingerprint density at radius 2 is 2.12 bits per heavy atom. The van der Waals surface area contributed by atoms with E-state index in [0.717, 1.165) is 11.3 Å². The lowest BCUT2D eigenvalue weighted by atomic mass is 10.1. The minimum Gasteiger partial charge on any atom is -0.323 e. The highest BCUT2D eigenvalue weighted by molar-refractivity contribution is 6.21. The van der Waals surface area contributed by atoms with Crippen molar-refractivity contribution >= 4 is 23.2 Å². The maximum absolute atomic E-state index is 6.09. The number of halogens is 1. The molecule has 2 aromatic rings. The van der Waals surface area contributed by atoms with Gasteiger partial charge in [0.1, 0.15) is 0 Å². The molecule has 5 nitrogen and oxygen atoms in total. The molecular formula is C10H12ClN5. The number of alkyl halides is 1.